The lowest BCUT2D eigenvalue weighted by Crippen LogP contribution is -2.20. The van der Waals surface area contributed by atoms with Crippen molar-refractivity contribution in [3.63, 3.8) is 0 Å². The number of aromatic nitrogens is 2. The molecule has 2 aromatic rings. The van der Waals surface area contributed by atoms with Gasteiger partial charge in [-0.3, -0.25) is 4.79 Å². The Bertz CT molecular complexity index is 537. The van der Waals surface area contributed by atoms with Crippen molar-refractivity contribution in [2.24, 2.45) is 5.73 Å². The SMILES string of the molecule is COC(=O)Cn1cncc1[C@H](N)Cc1ccccc1. The fourth-order valence-corrected chi connectivity index (χ4v) is 1.95. The zero-order chi connectivity index (χ0) is 13.7. The lowest BCUT2D eigenvalue weighted by molar-refractivity contribution is -0.141. The minimum Gasteiger partial charge on any atom is -0.468 e. The van der Waals surface area contributed by atoms with Crippen LogP contribution in [0.15, 0.2) is 42.9 Å². The van der Waals surface area contributed by atoms with Crippen LogP contribution >= 0.6 is 0 Å². The molecule has 0 aliphatic rings. The van der Waals surface area contributed by atoms with E-state index in [4.69, 9.17) is 5.73 Å². The van der Waals surface area contributed by atoms with Crippen molar-refractivity contribution < 1.29 is 9.53 Å². The van der Waals surface area contributed by atoms with Crippen LogP contribution in [0.4, 0.5) is 0 Å². The van der Waals surface area contributed by atoms with E-state index in [0.717, 1.165) is 11.3 Å². The predicted octanol–water partition coefficient (Wildman–Crippen LogP) is 1.30. The van der Waals surface area contributed by atoms with Crippen molar-refractivity contribution in [2.45, 2.75) is 19.0 Å². The fraction of sp³-hybridized carbons (Fsp3) is 0.286. The number of carbonyl (C=O) groups excluding carboxylic acids is 1. The molecule has 0 amide bonds. The van der Waals surface area contributed by atoms with Crippen LogP contribution < -0.4 is 5.73 Å². The van der Waals surface area contributed by atoms with Crippen molar-refractivity contribution in [3.05, 3.63) is 54.1 Å². The quantitative estimate of drug-likeness (QED) is 0.822. The Labute approximate surface area is 112 Å². The highest BCUT2D eigenvalue weighted by molar-refractivity contribution is 5.69. The topological polar surface area (TPSA) is 70.1 Å². The van der Waals surface area contributed by atoms with Crippen LogP contribution in [0.5, 0.6) is 0 Å². The molecule has 0 spiro atoms. The number of esters is 1. The van der Waals surface area contributed by atoms with Gasteiger partial charge in [0.2, 0.25) is 0 Å². The molecule has 19 heavy (non-hydrogen) atoms. The smallest absolute Gasteiger partial charge is 0.325 e. The normalized spacial score (nSPS) is 12.1. The molecular weight excluding hydrogens is 242 g/mol. The first-order chi connectivity index (χ1) is 9.20. The fourth-order valence-electron chi connectivity index (χ4n) is 1.95. The number of rotatable bonds is 5. The molecule has 0 aliphatic carbocycles. The molecule has 0 bridgehead atoms. The van der Waals surface area contributed by atoms with E-state index in [2.05, 4.69) is 9.72 Å². The van der Waals surface area contributed by atoms with E-state index < -0.39 is 0 Å². The van der Waals surface area contributed by atoms with Gasteiger partial charge in [-0.2, -0.15) is 0 Å². The maximum atomic E-state index is 11.3. The summed E-state index contributed by atoms with van der Waals surface area (Å²) in [7, 11) is 1.36. The van der Waals surface area contributed by atoms with E-state index in [9.17, 15) is 4.79 Å². The Morgan fingerprint density at radius 1 is 1.42 bits per heavy atom. The first-order valence-electron chi connectivity index (χ1n) is 6.07. The molecular formula is C14H17N3O2. The van der Waals surface area contributed by atoms with Crippen molar-refractivity contribution >= 4 is 5.97 Å². The largest absolute Gasteiger partial charge is 0.468 e. The molecule has 0 saturated heterocycles. The molecule has 1 atom stereocenters. The van der Waals surface area contributed by atoms with Gasteiger partial charge in [0.25, 0.3) is 0 Å². The number of nitrogens with zero attached hydrogens (tertiary/aromatic N) is 2. The van der Waals surface area contributed by atoms with Crippen molar-refractivity contribution in [1.29, 1.82) is 0 Å². The van der Waals surface area contributed by atoms with Gasteiger partial charge in [-0.1, -0.05) is 30.3 Å². The summed E-state index contributed by atoms with van der Waals surface area (Å²) in [6.07, 6.45) is 3.99. The second kappa shape index (κ2) is 6.15. The summed E-state index contributed by atoms with van der Waals surface area (Å²) in [4.78, 5) is 15.3. The molecule has 1 aromatic carbocycles. The molecule has 1 aromatic heterocycles. The van der Waals surface area contributed by atoms with E-state index >= 15 is 0 Å². The van der Waals surface area contributed by atoms with Gasteiger partial charge < -0.3 is 15.0 Å². The molecule has 2 N–H and O–H groups in total. The summed E-state index contributed by atoms with van der Waals surface area (Å²) < 4.78 is 6.37. The van der Waals surface area contributed by atoms with Gasteiger partial charge >= 0.3 is 5.97 Å². The number of nitrogens with two attached hydrogens (primary N) is 1. The molecule has 1 heterocycles. The maximum Gasteiger partial charge on any atom is 0.325 e. The van der Waals surface area contributed by atoms with Gasteiger partial charge in [-0.15, -0.1) is 0 Å². The van der Waals surface area contributed by atoms with Gasteiger partial charge in [0, 0.05) is 6.20 Å². The summed E-state index contributed by atoms with van der Waals surface area (Å²) in [6.45, 7) is 0.133. The van der Waals surface area contributed by atoms with Crippen LogP contribution in [0, 0.1) is 0 Å². The van der Waals surface area contributed by atoms with E-state index in [0.29, 0.717) is 6.42 Å². The van der Waals surface area contributed by atoms with Crippen LogP contribution in [0.25, 0.3) is 0 Å². The summed E-state index contributed by atoms with van der Waals surface area (Å²) >= 11 is 0. The highest BCUT2D eigenvalue weighted by Crippen LogP contribution is 2.15. The number of carbonyl (C=O) groups is 1. The second-order valence-corrected chi connectivity index (χ2v) is 4.32. The molecule has 0 unspecified atom stereocenters. The molecule has 0 fully saturated rings. The van der Waals surface area contributed by atoms with Gasteiger partial charge in [-0.25, -0.2) is 4.98 Å². The van der Waals surface area contributed by atoms with Crippen LogP contribution in [0.1, 0.15) is 17.3 Å². The van der Waals surface area contributed by atoms with Crippen LogP contribution in [0.3, 0.4) is 0 Å². The molecule has 0 aliphatic heterocycles. The average Bonchev–Trinajstić information content (AvgIpc) is 2.88. The zero-order valence-electron chi connectivity index (χ0n) is 10.8. The molecule has 5 nitrogen and oxygen atoms in total. The van der Waals surface area contributed by atoms with E-state index in [1.54, 1.807) is 17.1 Å². The highest BCUT2D eigenvalue weighted by Gasteiger charge is 2.14. The molecule has 5 heteroatoms. The van der Waals surface area contributed by atoms with Gasteiger partial charge in [0.1, 0.15) is 6.54 Å². The first-order valence-corrected chi connectivity index (χ1v) is 6.07. The van der Waals surface area contributed by atoms with Crippen molar-refractivity contribution in [2.75, 3.05) is 7.11 Å². The molecule has 0 radical (unpaired) electrons. The number of ether oxygens (including phenoxy) is 1. The van der Waals surface area contributed by atoms with Gasteiger partial charge in [-0.05, 0) is 12.0 Å². The van der Waals surface area contributed by atoms with E-state index in [-0.39, 0.29) is 18.6 Å². The average molecular weight is 259 g/mol. The molecule has 100 valence electrons. The lowest BCUT2D eigenvalue weighted by Gasteiger charge is -2.14. The Balaban J connectivity index is 2.09. The minimum absolute atomic E-state index is 0.133. The van der Waals surface area contributed by atoms with Crippen LogP contribution in [0.2, 0.25) is 0 Å². The minimum atomic E-state index is -0.314. The summed E-state index contributed by atoms with van der Waals surface area (Å²) in [5.41, 5.74) is 8.16. The highest BCUT2D eigenvalue weighted by atomic mass is 16.5. The lowest BCUT2D eigenvalue weighted by atomic mass is 10.0. The summed E-state index contributed by atoms with van der Waals surface area (Å²) in [5.74, 6) is -0.314. The standard InChI is InChI=1S/C14H17N3O2/c1-19-14(18)9-17-10-16-8-13(17)12(15)7-11-5-3-2-4-6-11/h2-6,8,10,12H,7,9,15H2,1H3/t12-/m1/s1. The molecule has 2 rings (SSSR count). The zero-order valence-corrected chi connectivity index (χ0v) is 10.8. The third-order valence-corrected chi connectivity index (χ3v) is 2.95. The Morgan fingerprint density at radius 2 is 2.16 bits per heavy atom. The molecule has 0 saturated carbocycles. The van der Waals surface area contributed by atoms with Crippen LogP contribution in [-0.4, -0.2) is 22.6 Å². The Kier molecular flexibility index (Phi) is 4.30. The van der Waals surface area contributed by atoms with E-state index in [1.165, 1.54) is 7.11 Å². The Hall–Kier alpha value is -2.14. The summed E-state index contributed by atoms with van der Waals surface area (Å²) in [5, 5.41) is 0. The van der Waals surface area contributed by atoms with E-state index in [1.807, 2.05) is 30.3 Å². The monoisotopic (exact) mass is 259 g/mol. The third kappa shape index (κ3) is 3.42. The number of hydrogen-bond acceptors (Lipinski definition) is 4. The number of benzene rings is 1. The first kappa shape index (κ1) is 13.3. The second-order valence-electron chi connectivity index (χ2n) is 4.32. The van der Waals surface area contributed by atoms with Crippen LogP contribution in [-0.2, 0) is 22.5 Å². The predicted molar refractivity (Wildman–Crippen MR) is 71.3 cm³/mol. The Morgan fingerprint density at radius 3 is 2.84 bits per heavy atom. The number of methoxy groups -OCH3 is 1. The third-order valence-electron chi connectivity index (χ3n) is 2.95. The number of hydrogen-bond donors (Lipinski definition) is 1. The van der Waals surface area contributed by atoms with Crippen molar-refractivity contribution in [1.82, 2.24) is 9.55 Å². The van der Waals surface area contributed by atoms with Gasteiger partial charge in [0.05, 0.1) is 25.2 Å². The number of imidazole rings is 1. The van der Waals surface area contributed by atoms with Crippen molar-refractivity contribution in [3.8, 4) is 0 Å². The maximum absolute atomic E-state index is 11.3. The van der Waals surface area contributed by atoms with Gasteiger partial charge in [0.15, 0.2) is 0 Å². The summed E-state index contributed by atoms with van der Waals surface area (Å²) in [6, 6.07) is 9.79.